The van der Waals surface area contributed by atoms with Crippen LogP contribution in [0.15, 0.2) is 0 Å². The molecule has 0 aromatic heterocycles. The molecule has 2 heteroatoms. The van der Waals surface area contributed by atoms with Crippen LogP contribution >= 0.6 is 9.24 Å². The second-order valence-corrected chi connectivity index (χ2v) is 1.56. The Balaban J connectivity index is 2.54. The van der Waals surface area contributed by atoms with Gasteiger partial charge < -0.3 is 5.11 Å². The Morgan fingerprint density at radius 2 is 2.20 bits per heavy atom. The van der Waals surface area contributed by atoms with Crippen LogP contribution in [0.3, 0.4) is 0 Å². The fraction of sp³-hybridized carbons (Fsp3) is 1.00. The minimum Gasteiger partial charge on any atom is -0.393 e. The molecule has 2 atom stereocenters. The Morgan fingerprint density at radius 1 is 2.00 bits per heavy atom. The Hall–Kier alpha value is 0.390. The van der Waals surface area contributed by atoms with Gasteiger partial charge in [0.05, 0.1) is 6.10 Å². The van der Waals surface area contributed by atoms with Crippen molar-refractivity contribution in [3.8, 4) is 0 Å². The van der Waals surface area contributed by atoms with E-state index in [-0.39, 0.29) is 6.10 Å². The molecule has 0 amide bonds. The summed E-state index contributed by atoms with van der Waals surface area (Å²) in [7, 11) is 2.44. The summed E-state index contributed by atoms with van der Waals surface area (Å²) in [5, 5.41) is 8.34. The summed E-state index contributed by atoms with van der Waals surface area (Å²) in [5.41, 5.74) is 0. The lowest BCUT2D eigenvalue weighted by Gasteiger charge is -1.90. The van der Waals surface area contributed by atoms with Gasteiger partial charge in [0.15, 0.2) is 0 Å². The van der Waals surface area contributed by atoms with Crippen molar-refractivity contribution in [1.82, 2.24) is 0 Å². The maximum absolute atomic E-state index is 8.34. The van der Waals surface area contributed by atoms with Crippen molar-refractivity contribution >= 4 is 9.24 Å². The lowest BCUT2D eigenvalue weighted by Crippen LogP contribution is -1.97. The van der Waals surface area contributed by atoms with Crippen LogP contribution in [0, 0.1) is 0 Å². The van der Waals surface area contributed by atoms with Crippen LogP contribution in [0.25, 0.3) is 0 Å². The maximum Gasteiger partial charge on any atom is 0.0546 e. The Bertz CT molecular complexity index is 20.9. The third-order valence-electron chi connectivity index (χ3n) is 0.341. The molecule has 0 spiro atoms. The van der Waals surface area contributed by atoms with E-state index in [4.69, 9.17) is 5.11 Å². The zero-order chi connectivity index (χ0) is 4.28. The second kappa shape index (κ2) is 2.62. The number of aliphatic hydroxyl groups is 1. The van der Waals surface area contributed by atoms with Gasteiger partial charge in [-0.2, -0.15) is 0 Å². The van der Waals surface area contributed by atoms with Gasteiger partial charge in [-0.15, -0.1) is 9.24 Å². The van der Waals surface area contributed by atoms with Gasteiger partial charge in [0.2, 0.25) is 0 Å². The van der Waals surface area contributed by atoms with Crippen molar-refractivity contribution in [3.05, 3.63) is 0 Å². The Kier molecular flexibility index (Phi) is 2.82. The van der Waals surface area contributed by atoms with Crippen LogP contribution in [0.5, 0.6) is 0 Å². The molecule has 0 saturated carbocycles. The van der Waals surface area contributed by atoms with Crippen LogP contribution in [0.1, 0.15) is 6.92 Å². The molecular formula is C3H9OP. The molecule has 0 aliphatic heterocycles. The van der Waals surface area contributed by atoms with Crippen molar-refractivity contribution in [3.63, 3.8) is 0 Å². The SMILES string of the molecule is CC(O)CP. The van der Waals surface area contributed by atoms with Gasteiger partial charge in [-0.3, -0.25) is 0 Å². The zero-order valence-electron chi connectivity index (χ0n) is 3.31. The van der Waals surface area contributed by atoms with Crippen LogP contribution in [0.4, 0.5) is 0 Å². The molecule has 0 aromatic rings. The highest BCUT2D eigenvalue weighted by atomic mass is 31.0. The molecule has 0 bridgehead atoms. The highest BCUT2D eigenvalue weighted by Gasteiger charge is 1.81. The van der Waals surface area contributed by atoms with Gasteiger partial charge in [-0.1, -0.05) is 0 Å². The fourth-order valence-corrected chi connectivity index (χ4v) is 0. The average molecular weight is 92.1 g/mol. The highest BCUT2D eigenvalue weighted by Crippen LogP contribution is 1.84. The first kappa shape index (κ1) is 5.39. The molecule has 0 aliphatic rings. The van der Waals surface area contributed by atoms with Crippen LogP contribution < -0.4 is 0 Å². The third kappa shape index (κ3) is 4.39. The van der Waals surface area contributed by atoms with Gasteiger partial charge in [0, 0.05) is 0 Å². The predicted molar refractivity (Wildman–Crippen MR) is 26.3 cm³/mol. The van der Waals surface area contributed by atoms with Crippen molar-refractivity contribution in [2.75, 3.05) is 6.16 Å². The van der Waals surface area contributed by atoms with Crippen LogP contribution in [-0.2, 0) is 0 Å². The van der Waals surface area contributed by atoms with Gasteiger partial charge in [-0.25, -0.2) is 0 Å². The maximum atomic E-state index is 8.34. The molecular weight excluding hydrogens is 83.0 g/mol. The third-order valence-corrected chi connectivity index (χ3v) is 1.02. The summed E-state index contributed by atoms with van der Waals surface area (Å²) in [5.74, 6) is 0. The minimum atomic E-state index is -0.153. The van der Waals surface area contributed by atoms with Crippen molar-refractivity contribution in [1.29, 1.82) is 0 Å². The summed E-state index contributed by atoms with van der Waals surface area (Å²) in [6, 6.07) is 0. The topological polar surface area (TPSA) is 20.2 Å². The Labute approximate surface area is 34.6 Å². The second-order valence-electron chi connectivity index (χ2n) is 1.08. The monoisotopic (exact) mass is 92.0 g/mol. The lowest BCUT2D eigenvalue weighted by molar-refractivity contribution is 0.220. The van der Waals surface area contributed by atoms with Gasteiger partial charge in [0.1, 0.15) is 0 Å². The first-order valence-corrected chi connectivity index (χ1v) is 2.47. The number of rotatable bonds is 1. The van der Waals surface area contributed by atoms with Gasteiger partial charge in [0.25, 0.3) is 0 Å². The summed E-state index contributed by atoms with van der Waals surface area (Å²) in [4.78, 5) is 0. The van der Waals surface area contributed by atoms with E-state index < -0.39 is 0 Å². The van der Waals surface area contributed by atoms with Crippen molar-refractivity contribution in [2.24, 2.45) is 0 Å². The van der Waals surface area contributed by atoms with E-state index in [2.05, 4.69) is 9.24 Å². The Morgan fingerprint density at radius 3 is 2.20 bits per heavy atom. The minimum absolute atomic E-state index is 0.153. The number of aliphatic hydroxyl groups excluding tert-OH is 1. The zero-order valence-corrected chi connectivity index (χ0v) is 4.46. The molecule has 0 aromatic carbocycles. The molecule has 0 radical (unpaired) electrons. The first-order chi connectivity index (χ1) is 2.27. The summed E-state index contributed by atoms with van der Waals surface area (Å²) in [6.45, 7) is 1.76. The van der Waals surface area contributed by atoms with Crippen LogP contribution in [0.2, 0.25) is 0 Å². The van der Waals surface area contributed by atoms with E-state index in [0.29, 0.717) is 0 Å². The molecule has 0 saturated heterocycles. The fourth-order valence-electron chi connectivity index (χ4n) is 0. The largest absolute Gasteiger partial charge is 0.393 e. The molecule has 1 nitrogen and oxygen atoms in total. The first-order valence-electron chi connectivity index (χ1n) is 1.65. The lowest BCUT2D eigenvalue weighted by atomic mass is 10.5. The van der Waals surface area contributed by atoms with E-state index in [1.165, 1.54) is 0 Å². The van der Waals surface area contributed by atoms with Crippen molar-refractivity contribution in [2.45, 2.75) is 13.0 Å². The molecule has 0 fully saturated rings. The molecule has 0 rings (SSSR count). The summed E-state index contributed by atoms with van der Waals surface area (Å²) < 4.78 is 0. The average Bonchev–Trinajstić information content (AvgIpc) is 1.38. The standard InChI is InChI=1S/C3H9OP/c1-3(4)2-5/h3-4H,2,5H2,1H3. The molecule has 0 heterocycles. The normalized spacial score (nSPS) is 15.0. The van der Waals surface area contributed by atoms with E-state index in [9.17, 15) is 0 Å². The van der Waals surface area contributed by atoms with E-state index >= 15 is 0 Å². The van der Waals surface area contributed by atoms with Crippen LogP contribution in [-0.4, -0.2) is 17.4 Å². The number of hydrogen-bond acceptors (Lipinski definition) is 1. The molecule has 2 unspecified atom stereocenters. The molecule has 32 valence electrons. The van der Waals surface area contributed by atoms with Gasteiger partial charge >= 0.3 is 0 Å². The van der Waals surface area contributed by atoms with E-state index in [1.807, 2.05) is 0 Å². The summed E-state index contributed by atoms with van der Waals surface area (Å²) in [6.07, 6.45) is 0.625. The molecule has 0 aliphatic carbocycles. The predicted octanol–water partition coefficient (Wildman–Crippen LogP) is 0.242. The van der Waals surface area contributed by atoms with E-state index in [0.717, 1.165) is 6.16 Å². The highest BCUT2D eigenvalue weighted by molar-refractivity contribution is 7.16. The van der Waals surface area contributed by atoms with Crippen molar-refractivity contribution < 1.29 is 5.11 Å². The smallest absolute Gasteiger partial charge is 0.0546 e. The number of hydrogen-bond donors (Lipinski definition) is 1. The summed E-state index contributed by atoms with van der Waals surface area (Å²) >= 11 is 0. The molecule has 1 N–H and O–H groups in total. The quantitative estimate of drug-likeness (QED) is 0.459. The van der Waals surface area contributed by atoms with E-state index in [1.54, 1.807) is 6.92 Å². The molecule has 5 heavy (non-hydrogen) atoms. The van der Waals surface area contributed by atoms with Gasteiger partial charge in [-0.05, 0) is 13.1 Å².